The molecule has 1 N–H and O–H groups in total. The summed E-state index contributed by atoms with van der Waals surface area (Å²) in [6.45, 7) is 8.39. The van der Waals surface area contributed by atoms with Gasteiger partial charge in [0.25, 0.3) is 0 Å². The molecule has 1 aliphatic heterocycles. The molecule has 1 unspecified atom stereocenters. The number of anilines is 1. The van der Waals surface area contributed by atoms with Crippen LogP contribution in [0.15, 0.2) is 42.5 Å². The number of hydrogen-bond acceptors (Lipinski definition) is 6. The lowest BCUT2D eigenvalue weighted by atomic mass is 10.1. The zero-order valence-electron chi connectivity index (χ0n) is 22.5. The highest BCUT2D eigenvalue weighted by atomic mass is 35.5. The average Bonchev–Trinajstić information content (AvgIpc) is 2.82. The summed E-state index contributed by atoms with van der Waals surface area (Å²) in [7, 11) is -3.63. The number of hydrogen-bond donors (Lipinski definition) is 1. The van der Waals surface area contributed by atoms with Gasteiger partial charge in [-0.2, -0.15) is 0 Å². The Morgan fingerprint density at radius 2 is 1.76 bits per heavy atom. The maximum atomic E-state index is 13.4. The standard InChI is InChI=1S/C27H36ClN3O6S/c1-19(26(33)29-27(2,3)4)30(18-20-8-6-9-21(28)16-20)25(32)10-7-13-31(38(5,34)35)22-11-12-23-24(17-22)37-15-14-36-23/h6,8-9,11-12,16-17,19H,7,10,13-15,18H2,1-5H3,(H,29,33). The number of amides is 2. The van der Waals surface area contributed by atoms with Crippen molar-refractivity contribution in [1.82, 2.24) is 10.2 Å². The molecule has 1 heterocycles. The van der Waals surface area contributed by atoms with Crippen molar-refractivity contribution >= 4 is 39.1 Å². The van der Waals surface area contributed by atoms with E-state index in [-0.39, 0.29) is 37.7 Å². The first-order chi connectivity index (χ1) is 17.7. The van der Waals surface area contributed by atoms with E-state index in [1.54, 1.807) is 43.3 Å². The van der Waals surface area contributed by atoms with Gasteiger partial charge in [-0.25, -0.2) is 8.42 Å². The molecule has 0 fully saturated rings. The van der Waals surface area contributed by atoms with Crippen molar-refractivity contribution in [3.8, 4) is 11.5 Å². The Labute approximate surface area is 230 Å². The van der Waals surface area contributed by atoms with E-state index in [2.05, 4.69) is 5.32 Å². The molecule has 0 aromatic heterocycles. The molecular weight excluding hydrogens is 530 g/mol. The maximum Gasteiger partial charge on any atom is 0.242 e. The normalized spacial score (nSPS) is 13.9. The SMILES string of the molecule is CC(C(=O)NC(C)(C)C)N(Cc1cccc(Cl)c1)C(=O)CCCN(c1ccc2c(c1)OCCO2)S(C)(=O)=O. The van der Waals surface area contributed by atoms with Gasteiger partial charge in [-0.15, -0.1) is 0 Å². The van der Waals surface area contributed by atoms with Crippen molar-refractivity contribution in [3.63, 3.8) is 0 Å². The Morgan fingerprint density at radius 3 is 2.39 bits per heavy atom. The van der Waals surface area contributed by atoms with Crippen LogP contribution in [-0.2, 0) is 26.2 Å². The first kappa shape index (κ1) is 29.6. The van der Waals surface area contributed by atoms with E-state index >= 15 is 0 Å². The molecule has 0 saturated heterocycles. The third kappa shape index (κ3) is 8.26. The largest absolute Gasteiger partial charge is 0.486 e. The van der Waals surface area contributed by atoms with E-state index in [9.17, 15) is 18.0 Å². The molecule has 0 aliphatic carbocycles. The second-order valence-electron chi connectivity index (χ2n) is 10.3. The molecule has 208 valence electrons. The summed E-state index contributed by atoms with van der Waals surface area (Å²) in [5.74, 6) is 0.492. The third-order valence-corrected chi connectivity index (χ3v) is 7.30. The van der Waals surface area contributed by atoms with E-state index in [4.69, 9.17) is 21.1 Å². The molecule has 2 aromatic rings. The van der Waals surface area contributed by atoms with Crippen LogP contribution in [0.5, 0.6) is 11.5 Å². The van der Waals surface area contributed by atoms with Crippen LogP contribution in [0.1, 0.15) is 46.1 Å². The van der Waals surface area contributed by atoms with Crippen LogP contribution in [0, 0.1) is 0 Å². The minimum Gasteiger partial charge on any atom is -0.486 e. The van der Waals surface area contributed by atoms with Crippen LogP contribution in [0.4, 0.5) is 5.69 Å². The fourth-order valence-corrected chi connectivity index (χ4v) is 5.25. The number of rotatable bonds is 10. The lowest BCUT2D eigenvalue weighted by Crippen LogP contribution is -2.52. The second kappa shape index (κ2) is 12.3. The molecule has 1 aliphatic rings. The molecule has 9 nitrogen and oxygen atoms in total. The topological polar surface area (TPSA) is 105 Å². The van der Waals surface area contributed by atoms with E-state index < -0.39 is 21.6 Å². The zero-order chi connectivity index (χ0) is 28.1. The number of nitrogens with one attached hydrogen (secondary N) is 1. The van der Waals surface area contributed by atoms with Gasteiger partial charge < -0.3 is 19.7 Å². The highest BCUT2D eigenvalue weighted by Gasteiger charge is 2.29. The molecule has 2 amide bonds. The number of benzene rings is 2. The Hall–Kier alpha value is -2.98. The third-order valence-electron chi connectivity index (χ3n) is 5.87. The smallest absolute Gasteiger partial charge is 0.242 e. The molecule has 38 heavy (non-hydrogen) atoms. The predicted molar refractivity (Wildman–Crippen MR) is 148 cm³/mol. The van der Waals surface area contributed by atoms with Gasteiger partial charge in [-0.3, -0.25) is 13.9 Å². The first-order valence-electron chi connectivity index (χ1n) is 12.5. The van der Waals surface area contributed by atoms with Gasteiger partial charge in [0.1, 0.15) is 19.3 Å². The molecule has 0 bridgehead atoms. The Kier molecular flexibility index (Phi) is 9.54. The van der Waals surface area contributed by atoms with Crippen molar-refractivity contribution in [2.45, 2.75) is 58.7 Å². The summed E-state index contributed by atoms with van der Waals surface area (Å²) in [5.41, 5.74) is 0.753. The molecule has 0 saturated carbocycles. The van der Waals surface area contributed by atoms with Crippen molar-refractivity contribution in [3.05, 3.63) is 53.1 Å². The summed E-state index contributed by atoms with van der Waals surface area (Å²) in [6, 6.07) is 11.3. The Bertz CT molecular complexity index is 1260. The van der Waals surface area contributed by atoms with Gasteiger partial charge in [0.15, 0.2) is 11.5 Å². The van der Waals surface area contributed by atoms with Crippen LogP contribution < -0.4 is 19.1 Å². The van der Waals surface area contributed by atoms with Crippen LogP contribution in [0.2, 0.25) is 5.02 Å². The number of halogens is 1. The lowest BCUT2D eigenvalue weighted by molar-refractivity contribution is -0.141. The Balaban J connectivity index is 1.75. The molecule has 1 atom stereocenters. The second-order valence-corrected chi connectivity index (χ2v) is 12.7. The van der Waals surface area contributed by atoms with Gasteiger partial charge >= 0.3 is 0 Å². The van der Waals surface area contributed by atoms with Gasteiger partial charge in [0, 0.05) is 36.1 Å². The molecule has 0 radical (unpaired) electrons. The lowest BCUT2D eigenvalue weighted by Gasteiger charge is -2.32. The highest BCUT2D eigenvalue weighted by Crippen LogP contribution is 2.34. The van der Waals surface area contributed by atoms with Crippen molar-refractivity contribution in [2.75, 3.05) is 30.3 Å². The van der Waals surface area contributed by atoms with Gasteiger partial charge in [0.05, 0.1) is 11.9 Å². The summed E-state index contributed by atoms with van der Waals surface area (Å²) in [6.07, 6.45) is 1.42. The number of sulfonamides is 1. The first-order valence-corrected chi connectivity index (χ1v) is 14.7. The number of nitrogens with zero attached hydrogens (tertiary/aromatic N) is 2. The maximum absolute atomic E-state index is 13.4. The van der Waals surface area contributed by atoms with Gasteiger partial charge in [0.2, 0.25) is 21.8 Å². The number of ether oxygens (including phenoxy) is 2. The van der Waals surface area contributed by atoms with Crippen LogP contribution in [0.3, 0.4) is 0 Å². The van der Waals surface area contributed by atoms with Crippen molar-refractivity contribution in [2.24, 2.45) is 0 Å². The minimum absolute atomic E-state index is 0.0459. The summed E-state index contributed by atoms with van der Waals surface area (Å²) in [4.78, 5) is 27.9. The van der Waals surface area contributed by atoms with Gasteiger partial charge in [-0.05, 0) is 63.9 Å². The van der Waals surface area contributed by atoms with Gasteiger partial charge in [-0.1, -0.05) is 23.7 Å². The number of carbonyl (C=O) groups excluding carboxylic acids is 2. The summed E-state index contributed by atoms with van der Waals surface area (Å²) >= 11 is 6.14. The average molecular weight is 566 g/mol. The molecule has 3 rings (SSSR count). The van der Waals surface area contributed by atoms with Crippen LogP contribution in [-0.4, -0.2) is 62.7 Å². The molecular formula is C27H36ClN3O6S. The molecule has 0 spiro atoms. The zero-order valence-corrected chi connectivity index (χ0v) is 24.1. The predicted octanol–water partition coefficient (Wildman–Crippen LogP) is 3.99. The molecule has 2 aromatic carbocycles. The van der Waals surface area contributed by atoms with E-state index in [0.29, 0.717) is 35.4 Å². The molecule has 11 heteroatoms. The monoisotopic (exact) mass is 565 g/mol. The van der Waals surface area contributed by atoms with Crippen LogP contribution >= 0.6 is 11.6 Å². The summed E-state index contributed by atoms with van der Waals surface area (Å²) in [5, 5.41) is 3.46. The highest BCUT2D eigenvalue weighted by molar-refractivity contribution is 7.92. The Morgan fingerprint density at radius 1 is 1.08 bits per heavy atom. The summed E-state index contributed by atoms with van der Waals surface area (Å²) < 4.78 is 37.6. The van der Waals surface area contributed by atoms with Crippen molar-refractivity contribution in [1.29, 1.82) is 0 Å². The fraction of sp³-hybridized carbons (Fsp3) is 0.481. The van der Waals surface area contributed by atoms with E-state index in [1.807, 2.05) is 26.8 Å². The van der Waals surface area contributed by atoms with E-state index in [1.165, 1.54) is 9.21 Å². The minimum atomic E-state index is -3.63. The number of fused-ring (bicyclic) bond motifs is 1. The van der Waals surface area contributed by atoms with E-state index in [0.717, 1.165) is 11.8 Å². The fourth-order valence-electron chi connectivity index (χ4n) is 4.08. The van der Waals surface area contributed by atoms with Crippen molar-refractivity contribution < 1.29 is 27.5 Å². The number of carbonyl (C=O) groups is 2. The van der Waals surface area contributed by atoms with Crippen LogP contribution in [0.25, 0.3) is 0 Å². The quantitative estimate of drug-likeness (QED) is 0.467.